The van der Waals surface area contributed by atoms with Gasteiger partial charge in [0.2, 0.25) is 5.91 Å². The van der Waals surface area contributed by atoms with Crippen LogP contribution in [0.2, 0.25) is 0 Å². The molecule has 2 N–H and O–H groups in total. The quantitative estimate of drug-likeness (QED) is 0.855. The molecule has 1 amide bonds. The lowest BCUT2D eigenvalue weighted by atomic mass is 9.85. The summed E-state index contributed by atoms with van der Waals surface area (Å²) < 4.78 is 18.7. The number of halogens is 1. The van der Waals surface area contributed by atoms with Crippen LogP contribution in [0.3, 0.4) is 0 Å². The highest BCUT2D eigenvalue weighted by Gasteiger charge is 2.32. The van der Waals surface area contributed by atoms with E-state index in [1.165, 1.54) is 12.1 Å². The Kier molecular flexibility index (Phi) is 3.61. The van der Waals surface area contributed by atoms with Crippen LogP contribution in [0.25, 0.3) is 0 Å². The van der Waals surface area contributed by atoms with Crippen LogP contribution in [0.1, 0.15) is 25.7 Å². The number of carbonyl (C=O) groups excluding carboxylic acids is 1. The van der Waals surface area contributed by atoms with Crippen LogP contribution in [0, 0.1) is 11.7 Å². The molecule has 0 saturated heterocycles. The smallest absolute Gasteiger partial charge is 0.230 e. The van der Waals surface area contributed by atoms with Gasteiger partial charge in [-0.3, -0.25) is 4.79 Å². The second-order valence-corrected chi connectivity index (χ2v) is 5.57. The summed E-state index contributed by atoms with van der Waals surface area (Å²) in [6.45, 7) is 0.921. The molecule has 1 fully saturated rings. The zero-order valence-electron chi connectivity index (χ0n) is 11.3. The Morgan fingerprint density at radius 1 is 1.40 bits per heavy atom. The number of hydrogen-bond acceptors (Lipinski definition) is 3. The first kappa shape index (κ1) is 13.4. The lowest BCUT2D eigenvalue weighted by Gasteiger charge is -2.34. The minimum Gasteiger partial charge on any atom is -0.489 e. The molecule has 2 atom stereocenters. The fourth-order valence-corrected chi connectivity index (χ4v) is 3.10. The van der Waals surface area contributed by atoms with Gasteiger partial charge in [0.25, 0.3) is 0 Å². The fraction of sp³-hybridized carbons (Fsp3) is 0.533. The standard InChI is InChI=1S/C15H19FN2O2/c16-11-4-5-13-14(9-11)20-7-6-18(13)15(19)10-2-1-3-12(17)8-10/h4-5,9-10,12H,1-3,6-8,17H2. The van der Waals surface area contributed by atoms with E-state index in [0.717, 1.165) is 25.7 Å². The summed E-state index contributed by atoms with van der Waals surface area (Å²) in [5, 5.41) is 0. The summed E-state index contributed by atoms with van der Waals surface area (Å²) in [5.41, 5.74) is 6.63. The molecule has 0 radical (unpaired) electrons. The average Bonchev–Trinajstić information content (AvgIpc) is 2.45. The van der Waals surface area contributed by atoms with E-state index in [2.05, 4.69) is 0 Å². The number of anilines is 1. The Balaban J connectivity index is 1.83. The molecule has 1 saturated carbocycles. The summed E-state index contributed by atoms with van der Waals surface area (Å²) in [4.78, 5) is 14.4. The first-order chi connectivity index (χ1) is 9.65. The molecule has 0 aromatic heterocycles. The number of amides is 1. The van der Waals surface area contributed by atoms with Crippen LogP contribution in [0.15, 0.2) is 18.2 Å². The number of ether oxygens (including phenoxy) is 1. The first-order valence-corrected chi connectivity index (χ1v) is 7.14. The SMILES string of the molecule is NC1CCCC(C(=O)N2CCOc3cc(F)ccc32)C1. The number of fused-ring (bicyclic) bond motifs is 1. The Hall–Kier alpha value is -1.62. The third-order valence-electron chi connectivity index (χ3n) is 4.12. The molecule has 1 aliphatic carbocycles. The Morgan fingerprint density at radius 3 is 3.05 bits per heavy atom. The van der Waals surface area contributed by atoms with Crippen molar-refractivity contribution in [3.05, 3.63) is 24.0 Å². The molecule has 1 aromatic carbocycles. The molecule has 0 spiro atoms. The van der Waals surface area contributed by atoms with E-state index in [9.17, 15) is 9.18 Å². The topological polar surface area (TPSA) is 55.6 Å². The van der Waals surface area contributed by atoms with Gasteiger partial charge in [0.15, 0.2) is 0 Å². The van der Waals surface area contributed by atoms with Crippen molar-refractivity contribution >= 4 is 11.6 Å². The van der Waals surface area contributed by atoms with Crippen molar-refractivity contribution in [2.75, 3.05) is 18.1 Å². The zero-order valence-corrected chi connectivity index (χ0v) is 11.3. The maximum absolute atomic E-state index is 13.2. The molecule has 1 aliphatic heterocycles. The average molecular weight is 278 g/mol. The van der Waals surface area contributed by atoms with Crippen LogP contribution in [0.5, 0.6) is 5.75 Å². The predicted octanol–water partition coefficient (Wildman–Crippen LogP) is 2.07. The van der Waals surface area contributed by atoms with E-state index >= 15 is 0 Å². The van der Waals surface area contributed by atoms with Gasteiger partial charge in [-0.2, -0.15) is 0 Å². The molecule has 5 heteroatoms. The Bertz CT molecular complexity index is 521. The molecule has 1 heterocycles. The van der Waals surface area contributed by atoms with Gasteiger partial charge in [-0.15, -0.1) is 0 Å². The largest absolute Gasteiger partial charge is 0.489 e. The van der Waals surface area contributed by atoms with Gasteiger partial charge in [0, 0.05) is 18.0 Å². The van der Waals surface area contributed by atoms with E-state index in [-0.39, 0.29) is 23.7 Å². The van der Waals surface area contributed by atoms with Crippen LogP contribution in [0.4, 0.5) is 10.1 Å². The summed E-state index contributed by atoms with van der Waals surface area (Å²) in [5.74, 6) is 0.175. The number of hydrogen-bond donors (Lipinski definition) is 1. The molecule has 108 valence electrons. The van der Waals surface area contributed by atoms with Crippen molar-refractivity contribution in [2.45, 2.75) is 31.7 Å². The molecular formula is C15H19FN2O2. The highest BCUT2D eigenvalue weighted by Crippen LogP contribution is 2.35. The van der Waals surface area contributed by atoms with Crippen molar-refractivity contribution in [1.82, 2.24) is 0 Å². The van der Waals surface area contributed by atoms with Gasteiger partial charge in [-0.25, -0.2) is 4.39 Å². The number of benzene rings is 1. The molecule has 1 aromatic rings. The first-order valence-electron chi connectivity index (χ1n) is 7.14. The van der Waals surface area contributed by atoms with Gasteiger partial charge >= 0.3 is 0 Å². The number of nitrogens with zero attached hydrogens (tertiary/aromatic N) is 1. The molecule has 2 unspecified atom stereocenters. The van der Waals surface area contributed by atoms with Gasteiger partial charge in [0.05, 0.1) is 12.2 Å². The van der Waals surface area contributed by atoms with Gasteiger partial charge < -0.3 is 15.4 Å². The molecule has 2 aliphatic rings. The van der Waals surface area contributed by atoms with Crippen molar-refractivity contribution in [2.24, 2.45) is 11.7 Å². The monoisotopic (exact) mass is 278 g/mol. The molecular weight excluding hydrogens is 259 g/mol. The van der Waals surface area contributed by atoms with Crippen molar-refractivity contribution in [3.63, 3.8) is 0 Å². The summed E-state index contributed by atoms with van der Waals surface area (Å²) in [7, 11) is 0. The normalized spacial score (nSPS) is 25.8. The molecule has 3 rings (SSSR count). The lowest BCUT2D eigenvalue weighted by molar-refractivity contribution is -0.123. The third kappa shape index (κ3) is 2.50. The maximum atomic E-state index is 13.2. The molecule has 20 heavy (non-hydrogen) atoms. The van der Waals surface area contributed by atoms with Gasteiger partial charge in [-0.1, -0.05) is 6.42 Å². The van der Waals surface area contributed by atoms with Crippen molar-refractivity contribution < 1.29 is 13.9 Å². The van der Waals surface area contributed by atoms with Crippen LogP contribution < -0.4 is 15.4 Å². The second-order valence-electron chi connectivity index (χ2n) is 5.57. The molecule has 4 nitrogen and oxygen atoms in total. The van der Waals surface area contributed by atoms with Crippen molar-refractivity contribution in [1.29, 1.82) is 0 Å². The van der Waals surface area contributed by atoms with Crippen LogP contribution in [-0.2, 0) is 4.79 Å². The van der Waals surface area contributed by atoms with E-state index in [4.69, 9.17) is 10.5 Å². The lowest BCUT2D eigenvalue weighted by Crippen LogP contribution is -2.44. The maximum Gasteiger partial charge on any atom is 0.230 e. The summed E-state index contributed by atoms with van der Waals surface area (Å²) in [6.07, 6.45) is 3.63. The Morgan fingerprint density at radius 2 is 2.25 bits per heavy atom. The minimum atomic E-state index is -0.349. The van der Waals surface area contributed by atoms with E-state index in [0.29, 0.717) is 24.6 Å². The number of rotatable bonds is 1. The summed E-state index contributed by atoms with van der Waals surface area (Å²) in [6, 6.07) is 4.43. The second kappa shape index (κ2) is 5.40. The number of carbonyl (C=O) groups is 1. The highest BCUT2D eigenvalue weighted by molar-refractivity contribution is 5.96. The van der Waals surface area contributed by atoms with Crippen molar-refractivity contribution in [3.8, 4) is 5.75 Å². The van der Waals surface area contributed by atoms with E-state index < -0.39 is 0 Å². The third-order valence-corrected chi connectivity index (χ3v) is 4.12. The molecule has 0 bridgehead atoms. The van der Waals surface area contributed by atoms with Crippen LogP contribution >= 0.6 is 0 Å². The highest BCUT2D eigenvalue weighted by atomic mass is 19.1. The predicted molar refractivity (Wildman–Crippen MR) is 74.2 cm³/mol. The minimum absolute atomic E-state index is 0.0187. The van der Waals surface area contributed by atoms with E-state index in [1.54, 1.807) is 11.0 Å². The number of nitrogens with two attached hydrogens (primary N) is 1. The van der Waals surface area contributed by atoms with Crippen LogP contribution in [-0.4, -0.2) is 25.1 Å². The zero-order chi connectivity index (χ0) is 14.1. The van der Waals surface area contributed by atoms with E-state index in [1.807, 2.05) is 0 Å². The van der Waals surface area contributed by atoms with Gasteiger partial charge in [0.1, 0.15) is 18.2 Å². The fourth-order valence-electron chi connectivity index (χ4n) is 3.10. The summed E-state index contributed by atoms with van der Waals surface area (Å²) >= 11 is 0. The Labute approximate surface area is 117 Å². The van der Waals surface area contributed by atoms with Gasteiger partial charge in [-0.05, 0) is 31.4 Å².